The van der Waals surface area contributed by atoms with Crippen LogP contribution in [-0.2, 0) is 7.05 Å². The number of halogens is 2. The van der Waals surface area contributed by atoms with Gasteiger partial charge in [-0.2, -0.15) is 5.10 Å². The summed E-state index contributed by atoms with van der Waals surface area (Å²) in [7, 11) is 3.54. The first kappa shape index (κ1) is 24.6. The van der Waals surface area contributed by atoms with Gasteiger partial charge in [0.05, 0.1) is 17.0 Å². The van der Waals surface area contributed by atoms with E-state index in [0.717, 1.165) is 37.2 Å². The number of carbonyl (C=O) groups excluding carboxylic acids is 1. The fourth-order valence-electron chi connectivity index (χ4n) is 3.48. The third-order valence-corrected chi connectivity index (χ3v) is 6.17. The number of rotatable bonds is 4. The number of amides is 1. The summed E-state index contributed by atoms with van der Waals surface area (Å²) in [5.41, 5.74) is 2.64. The molecule has 0 radical (unpaired) electrons. The number of likely N-dealkylation sites (N-methyl/N-ethyl adjacent to an activating group) is 1. The van der Waals surface area contributed by atoms with Gasteiger partial charge in [0.15, 0.2) is 0 Å². The summed E-state index contributed by atoms with van der Waals surface area (Å²) in [6.07, 6.45) is 2.03. The van der Waals surface area contributed by atoms with Crippen molar-refractivity contribution in [3.8, 4) is 10.6 Å². The summed E-state index contributed by atoms with van der Waals surface area (Å²) in [4.78, 5) is 32.8. The van der Waals surface area contributed by atoms with Crippen LogP contribution in [0.2, 0.25) is 0 Å². The van der Waals surface area contributed by atoms with Crippen molar-refractivity contribution >= 4 is 42.1 Å². The molecule has 2 aromatic rings. The third kappa shape index (κ3) is 4.40. The fourth-order valence-corrected chi connectivity index (χ4v) is 4.60. The lowest BCUT2D eigenvalue weighted by molar-refractivity contribution is 0.0741. The molecule has 1 amide bonds. The Morgan fingerprint density at radius 1 is 1.25 bits per heavy atom. The number of carbonyl (C=O) groups is 1. The third-order valence-electron chi connectivity index (χ3n) is 5.01. The van der Waals surface area contributed by atoms with Crippen LogP contribution in [0.5, 0.6) is 0 Å². The zero-order valence-corrected chi connectivity index (χ0v) is 19.2. The number of likely N-dealkylation sites (tertiary alicyclic amines) is 1. The van der Waals surface area contributed by atoms with E-state index >= 15 is 0 Å². The average Bonchev–Trinajstić information content (AvgIpc) is 3.20. The summed E-state index contributed by atoms with van der Waals surface area (Å²) < 4.78 is 1.33. The lowest BCUT2D eigenvalue weighted by Gasteiger charge is -2.24. The molecule has 0 aromatic carbocycles. The van der Waals surface area contributed by atoms with Crippen molar-refractivity contribution in [2.24, 2.45) is 7.05 Å². The minimum atomic E-state index is -0.185. The maximum Gasteiger partial charge on any atom is 0.277 e. The second kappa shape index (κ2) is 9.82. The summed E-state index contributed by atoms with van der Waals surface area (Å²) in [6, 6.07) is 0.218. The van der Waals surface area contributed by atoms with Crippen LogP contribution in [0.1, 0.15) is 39.5 Å². The molecule has 1 atom stereocenters. The summed E-state index contributed by atoms with van der Waals surface area (Å²) in [5, 5.41) is 7.97. The van der Waals surface area contributed by atoms with Gasteiger partial charge in [0.2, 0.25) is 0 Å². The lowest BCUT2D eigenvalue weighted by Crippen LogP contribution is -2.40. The van der Waals surface area contributed by atoms with Gasteiger partial charge in [-0.3, -0.25) is 9.59 Å². The van der Waals surface area contributed by atoms with Crippen molar-refractivity contribution < 1.29 is 4.79 Å². The van der Waals surface area contributed by atoms with Gasteiger partial charge in [0.1, 0.15) is 9.88 Å². The highest BCUT2D eigenvalue weighted by molar-refractivity contribution is 7.17. The predicted octanol–water partition coefficient (Wildman–Crippen LogP) is 2.50. The van der Waals surface area contributed by atoms with Crippen molar-refractivity contribution in [1.29, 1.82) is 0 Å². The van der Waals surface area contributed by atoms with E-state index in [1.54, 1.807) is 7.05 Å². The Balaban J connectivity index is 0.00000196. The molecule has 10 heteroatoms. The van der Waals surface area contributed by atoms with Gasteiger partial charge in [-0.25, -0.2) is 9.67 Å². The van der Waals surface area contributed by atoms with Gasteiger partial charge >= 0.3 is 0 Å². The second-order valence-electron chi connectivity index (χ2n) is 6.80. The van der Waals surface area contributed by atoms with Gasteiger partial charge in [0.25, 0.3) is 11.5 Å². The average molecular weight is 448 g/mol. The molecule has 1 fully saturated rings. The molecule has 7 nitrogen and oxygen atoms in total. The van der Waals surface area contributed by atoms with Crippen molar-refractivity contribution in [3.63, 3.8) is 0 Å². The molecule has 0 aliphatic carbocycles. The van der Waals surface area contributed by atoms with E-state index in [1.807, 2.05) is 32.7 Å². The molecule has 3 heterocycles. The smallest absolute Gasteiger partial charge is 0.277 e. The number of nitrogens with one attached hydrogen (secondary N) is 1. The molecule has 156 valence electrons. The minimum Gasteiger partial charge on any atom is -0.334 e. The summed E-state index contributed by atoms with van der Waals surface area (Å²) in [5.74, 6) is 0.0178. The molecule has 1 aliphatic rings. The van der Waals surface area contributed by atoms with E-state index in [2.05, 4.69) is 15.4 Å². The zero-order valence-electron chi connectivity index (χ0n) is 16.7. The SMILES string of the molecule is CNCC1CCCN1C(=O)c1sc(-c2c(C)c(C)nn(C)c2=O)nc1C.Cl.Cl. The monoisotopic (exact) mass is 447 g/mol. The molecule has 1 unspecified atom stereocenters. The van der Waals surface area contributed by atoms with Crippen LogP contribution in [0.15, 0.2) is 4.79 Å². The number of hydrogen-bond acceptors (Lipinski definition) is 6. The first-order valence-electron chi connectivity index (χ1n) is 8.83. The van der Waals surface area contributed by atoms with Crippen LogP contribution in [0.3, 0.4) is 0 Å². The van der Waals surface area contributed by atoms with Crippen LogP contribution in [-0.4, -0.2) is 51.8 Å². The highest BCUT2D eigenvalue weighted by Gasteiger charge is 2.31. The number of thiazole rings is 1. The number of hydrogen-bond donors (Lipinski definition) is 1. The molecule has 28 heavy (non-hydrogen) atoms. The Kier molecular flexibility index (Phi) is 8.62. The molecule has 0 saturated carbocycles. The number of aryl methyl sites for hydroxylation is 3. The normalized spacial score (nSPS) is 15.9. The quantitative estimate of drug-likeness (QED) is 0.778. The zero-order chi connectivity index (χ0) is 19.0. The van der Waals surface area contributed by atoms with Crippen LogP contribution in [0.25, 0.3) is 10.6 Å². The van der Waals surface area contributed by atoms with E-state index in [0.29, 0.717) is 21.1 Å². The van der Waals surface area contributed by atoms with Crippen molar-refractivity contribution in [1.82, 2.24) is 25.0 Å². The molecular weight excluding hydrogens is 421 g/mol. The van der Waals surface area contributed by atoms with Crippen LogP contribution in [0.4, 0.5) is 0 Å². The Hall–Kier alpha value is -1.48. The highest BCUT2D eigenvalue weighted by atomic mass is 35.5. The first-order chi connectivity index (χ1) is 12.3. The standard InChI is InChI=1S/C18H25N5O2S.2ClH/c1-10-11(2)21-22(5)17(24)14(10)16-20-12(3)15(26-16)18(25)23-8-6-7-13(23)9-19-4;;/h13,19H,6-9H2,1-5H3;2*1H. The maximum atomic E-state index is 13.1. The Bertz CT molecular complexity index is 912. The Labute approximate surface area is 181 Å². The predicted molar refractivity (Wildman–Crippen MR) is 117 cm³/mol. The topological polar surface area (TPSA) is 80.1 Å². The molecule has 0 bridgehead atoms. The lowest BCUT2D eigenvalue weighted by atomic mass is 10.1. The minimum absolute atomic E-state index is 0. The molecule has 2 aromatic heterocycles. The number of nitrogens with zero attached hydrogens (tertiary/aromatic N) is 4. The van der Waals surface area contributed by atoms with Crippen LogP contribution >= 0.6 is 36.2 Å². The van der Waals surface area contributed by atoms with Crippen LogP contribution < -0.4 is 10.9 Å². The molecule has 1 N–H and O–H groups in total. The summed E-state index contributed by atoms with van der Waals surface area (Å²) in [6.45, 7) is 7.15. The van der Waals surface area contributed by atoms with E-state index in [9.17, 15) is 9.59 Å². The fraction of sp³-hybridized carbons (Fsp3) is 0.556. The maximum absolute atomic E-state index is 13.1. The van der Waals surface area contributed by atoms with Gasteiger partial charge in [-0.15, -0.1) is 36.2 Å². The highest BCUT2D eigenvalue weighted by Crippen LogP contribution is 2.31. The Morgan fingerprint density at radius 2 is 1.93 bits per heavy atom. The second-order valence-corrected chi connectivity index (χ2v) is 7.80. The van der Waals surface area contributed by atoms with Gasteiger partial charge in [-0.1, -0.05) is 0 Å². The van der Waals surface area contributed by atoms with Crippen molar-refractivity contribution in [3.05, 3.63) is 32.2 Å². The van der Waals surface area contributed by atoms with Crippen molar-refractivity contribution in [2.45, 2.75) is 39.7 Å². The molecule has 1 aliphatic heterocycles. The first-order valence-corrected chi connectivity index (χ1v) is 9.64. The van der Waals surface area contributed by atoms with E-state index in [4.69, 9.17) is 0 Å². The van der Waals surface area contributed by atoms with Gasteiger partial charge in [-0.05, 0) is 46.2 Å². The molecule has 0 spiro atoms. The van der Waals surface area contributed by atoms with E-state index < -0.39 is 0 Å². The molecule has 1 saturated heterocycles. The van der Waals surface area contributed by atoms with Gasteiger partial charge < -0.3 is 10.2 Å². The summed E-state index contributed by atoms with van der Waals surface area (Å²) >= 11 is 1.31. The van der Waals surface area contributed by atoms with E-state index in [1.165, 1.54) is 16.0 Å². The molecule has 3 rings (SSSR count). The van der Waals surface area contributed by atoms with Gasteiger partial charge in [0, 0.05) is 26.2 Å². The Morgan fingerprint density at radius 3 is 2.57 bits per heavy atom. The van der Waals surface area contributed by atoms with E-state index in [-0.39, 0.29) is 42.3 Å². The molecular formula is C18H27Cl2N5O2S. The largest absolute Gasteiger partial charge is 0.334 e. The van der Waals surface area contributed by atoms with Crippen molar-refractivity contribution in [2.75, 3.05) is 20.1 Å². The van der Waals surface area contributed by atoms with Crippen LogP contribution in [0, 0.1) is 20.8 Å². The number of aromatic nitrogens is 3.